The maximum absolute atomic E-state index is 12.5. The third-order valence-electron chi connectivity index (χ3n) is 6.50. The molecule has 1 N–H and O–H groups in total. The zero-order chi connectivity index (χ0) is 25.9. The summed E-state index contributed by atoms with van der Waals surface area (Å²) in [6, 6.07) is 13.8. The lowest BCUT2D eigenvalue weighted by Gasteiger charge is -2.13. The number of aromatic nitrogens is 4. The molecular weight excluding hydrogens is 484 g/mol. The van der Waals surface area contributed by atoms with Gasteiger partial charge in [0.05, 0.1) is 18.7 Å². The van der Waals surface area contributed by atoms with Crippen LogP contribution in [0, 0.1) is 20.8 Å². The molecule has 0 saturated carbocycles. The maximum atomic E-state index is 12.5. The maximum Gasteiger partial charge on any atom is 0.308 e. The van der Waals surface area contributed by atoms with Crippen LogP contribution in [0.2, 0.25) is 0 Å². The summed E-state index contributed by atoms with van der Waals surface area (Å²) < 4.78 is 7.31. The number of nitrogens with one attached hydrogen (secondary N) is 1. The monoisotopic (exact) mass is 514 g/mol. The van der Waals surface area contributed by atoms with Crippen molar-refractivity contribution in [1.82, 2.24) is 19.7 Å². The summed E-state index contributed by atoms with van der Waals surface area (Å²) in [6.45, 7) is 9.10. The second-order valence-electron chi connectivity index (χ2n) is 8.98. The van der Waals surface area contributed by atoms with E-state index in [4.69, 9.17) is 9.73 Å². The fourth-order valence-electron chi connectivity index (χ4n) is 4.53. The Labute approximate surface area is 220 Å². The number of nitrogens with zero attached hydrogens (tertiary/aromatic N) is 5. The summed E-state index contributed by atoms with van der Waals surface area (Å²) in [5.74, 6) is 1.14. The van der Waals surface area contributed by atoms with Gasteiger partial charge in [0.15, 0.2) is 5.82 Å². The van der Waals surface area contributed by atoms with E-state index in [0.717, 1.165) is 52.0 Å². The molecule has 8 nitrogen and oxygen atoms in total. The standard InChI is InChI=1S/C28H30N6O2S/c1-5-36-24(35)16-23-27-33-32-19(4)34(27)28-25(17(2)18(3)37-28)26(31-23)20-9-11-22(12-10-20)30-15-13-21-8-6-7-14-29-21/h6-12,14,23,30H,5,13,15-16H2,1-4H3/t23-/m0/s1. The molecule has 1 aliphatic heterocycles. The van der Waals surface area contributed by atoms with E-state index in [2.05, 4.69) is 58.6 Å². The second kappa shape index (κ2) is 10.6. The van der Waals surface area contributed by atoms with Crippen molar-refractivity contribution in [3.8, 4) is 5.00 Å². The summed E-state index contributed by atoms with van der Waals surface area (Å²) in [6.07, 6.45) is 2.77. The van der Waals surface area contributed by atoms with E-state index >= 15 is 0 Å². The van der Waals surface area contributed by atoms with Gasteiger partial charge in [-0.2, -0.15) is 0 Å². The molecule has 0 aliphatic carbocycles. The molecule has 1 atom stereocenters. The minimum Gasteiger partial charge on any atom is -0.466 e. The second-order valence-corrected chi connectivity index (χ2v) is 10.2. The molecule has 0 saturated heterocycles. The topological polar surface area (TPSA) is 94.3 Å². The van der Waals surface area contributed by atoms with Crippen LogP contribution in [0.3, 0.4) is 0 Å². The number of thiophene rings is 1. The average Bonchev–Trinajstić information content (AvgIpc) is 3.37. The lowest BCUT2D eigenvalue weighted by Crippen LogP contribution is -2.13. The van der Waals surface area contributed by atoms with Gasteiger partial charge in [-0.25, -0.2) is 0 Å². The zero-order valence-electron chi connectivity index (χ0n) is 21.5. The molecule has 0 radical (unpaired) electrons. The Morgan fingerprint density at radius 1 is 1.11 bits per heavy atom. The van der Waals surface area contributed by atoms with Crippen molar-refractivity contribution >= 4 is 28.7 Å². The highest BCUT2D eigenvalue weighted by Crippen LogP contribution is 2.39. The van der Waals surface area contributed by atoms with Crippen LogP contribution >= 0.6 is 11.3 Å². The molecule has 5 rings (SSSR count). The largest absolute Gasteiger partial charge is 0.466 e. The first-order chi connectivity index (χ1) is 18.0. The Hall–Kier alpha value is -3.85. The number of hydrogen-bond donors (Lipinski definition) is 1. The molecule has 0 spiro atoms. The third-order valence-corrected chi connectivity index (χ3v) is 7.69. The molecule has 1 aliphatic rings. The number of fused-ring (bicyclic) bond motifs is 3. The molecule has 3 aromatic heterocycles. The van der Waals surface area contributed by atoms with Gasteiger partial charge < -0.3 is 10.1 Å². The highest BCUT2D eigenvalue weighted by Gasteiger charge is 2.32. The van der Waals surface area contributed by atoms with Crippen LogP contribution in [0.1, 0.15) is 58.3 Å². The number of rotatable bonds is 8. The average molecular weight is 515 g/mol. The number of aliphatic imine (C=N–C) groups is 1. The van der Waals surface area contributed by atoms with Crippen LogP contribution in [0.4, 0.5) is 5.69 Å². The number of ether oxygens (including phenoxy) is 1. The third kappa shape index (κ3) is 5.04. The van der Waals surface area contributed by atoms with E-state index in [1.165, 1.54) is 10.4 Å². The van der Waals surface area contributed by atoms with Crippen molar-refractivity contribution < 1.29 is 9.53 Å². The van der Waals surface area contributed by atoms with Crippen LogP contribution in [-0.2, 0) is 16.0 Å². The number of anilines is 1. The van der Waals surface area contributed by atoms with Crippen molar-refractivity contribution in [1.29, 1.82) is 0 Å². The van der Waals surface area contributed by atoms with Crippen LogP contribution in [0.5, 0.6) is 0 Å². The minimum atomic E-state index is -0.495. The number of hydrogen-bond acceptors (Lipinski definition) is 8. The fourth-order valence-corrected chi connectivity index (χ4v) is 5.74. The molecule has 190 valence electrons. The Kier molecular flexibility index (Phi) is 7.14. The van der Waals surface area contributed by atoms with Crippen molar-refractivity contribution in [2.75, 3.05) is 18.5 Å². The quantitative estimate of drug-likeness (QED) is 0.327. The molecule has 4 heterocycles. The van der Waals surface area contributed by atoms with E-state index < -0.39 is 6.04 Å². The smallest absolute Gasteiger partial charge is 0.308 e. The van der Waals surface area contributed by atoms with Crippen LogP contribution in [0.15, 0.2) is 53.7 Å². The first kappa shape index (κ1) is 24.8. The SMILES string of the molecule is CCOC(=O)C[C@@H]1N=C(c2ccc(NCCc3ccccn3)cc2)c2c(sc(C)c2C)-n2c(C)nnc21. The van der Waals surface area contributed by atoms with Crippen molar-refractivity contribution in [3.63, 3.8) is 0 Å². The summed E-state index contributed by atoms with van der Waals surface area (Å²) in [5.41, 5.74) is 6.17. The Morgan fingerprint density at radius 3 is 2.65 bits per heavy atom. The van der Waals surface area contributed by atoms with E-state index in [1.54, 1.807) is 11.3 Å². The van der Waals surface area contributed by atoms with Crippen LogP contribution in [-0.4, -0.2) is 44.6 Å². The predicted octanol–water partition coefficient (Wildman–Crippen LogP) is 5.15. The van der Waals surface area contributed by atoms with Gasteiger partial charge in [-0.05, 0) is 57.5 Å². The molecule has 0 fully saturated rings. The van der Waals surface area contributed by atoms with E-state index in [1.807, 2.05) is 42.8 Å². The Balaban J connectivity index is 1.49. The summed E-state index contributed by atoms with van der Waals surface area (Å²) >= 11 is 1.70. The molecule has 0 bridgehead atoms. The first-order valence-corrected chi connectivity index (χ1v) is 13.3. The van der Waals surface area contributed by atoms with Crippen LogP contribution < -0.4 is 5.32 Å². The highest BCUT2D eigenvalue weighted by molar-refractivity contribution is 7.15. The van der Waals surface area contributed by atoms with Crippen LogP contribution in [0.25, 0.3) is 5.00 Å². The van der Waals surface area contributed by atoms with E-state index in [9.17, 15) is 4.79 Å². The van der Waals surface area contributed by atoms with E-state index in [-0.39, 0.29) is 12.4 Å². The van der Waals surface area contributed by atoms with Gasteiger partial charge in [0.25, 0.3) is 0 Å². The minimum absolute atomic E-state index is 0.107. The molecular formula is C28H30N6O2S. The van der Waals surface area contributed by atoms with Gasteiger partial charge in [0, 0.05) is 46.5 Å². The van der Waals surface area contributed by atoms with Crippen molar-refractivity contribution in [3.05, 3.63) is 87.6 Å². The van der Waals surface area contributed by atoms with Gasteiger partial charge in [0.2, 0.25) is 0 Å². The Bertz CT molecular complexity index is 1440. The summed E-state index contributed by atoms with van der Waals surface area (Å²) in [4.78, 5) is 23.2. The number of benzene rings is 1. The predicted molar refractivity (Wildman–Crippen MR) is 146 cm³/mol. The molecule has 4 aromatic rings. The van der Waals surface area contributed by atoms with Crippen molar-refractivity contribution in [2.24, 2.45) is 4.99 Å². The normalized spacial score (nSPS) is 14.4. The molecule has 9 heteroatoms. The Morgan fingerprint density at radius 2 is 1.92 bits per heavy atom. The molecule has 1 aromatic carbocycles. The van der Waals surface area contributed by atoms with Gasteiger partial charge in [0.1, 0.15) is 16.9 Å². The van der Waals surface area contributed by atoms with Gasteiger partial charge in [-0.15, -0.1) is 21.5 Å². The number of aryl methyl sites for hydroxylation is 2. The number of esters is 1. The number of pyridine rings is 1. The number of carbonyl (C=O) groups excluding carboxylic acids is 1. The summed E-state index contributed by atoms with van der Waals surface area (Å²) in [7, 11) is 0. The molecule has 0 unspecified atom stereocenters. The summed E-state index contributed by atoms with van der Waals surface area (Å²) in [5, 5.41) is 13.3. The highest BCUT2D eigenvalue weighted by atomic mass is 32.1. The molecule has 37 heavy (non-hydrogen) atoms. The van der Waals surface area contributed by atoms with Crippen molar-refractivity contribution in [2.45, 2.75) is 46.6 Å². The first-order valence-electron chi connectivity index (χ1n) is 12.5. The fraction of sp³-hybridized carbons (Fsp3) is 0.321. The molecule has 0 amide bonds. The van der Waals surface area contributed by atoms with E-state index in [0.29, 0.717) is 12.4 Å². The lowest BCUT2D eigenvalue weighted by atomic mass is 9.99. The van der Waals surface area contributed by atoms with Gasteiger partial charge >= 0.3 is 5.97 Å². The van der Waals surface area contributed by atoms with Gasteiger partial charge in [-0.3, -0.25) is 19.3 Å². The number of carbonyl (C=O) groups is 1. The lowest BCUT2D eigenvalue weighted by molar-refractivity contribution is -0.143. The zero-order valence-corrected chi connectivity index (χ0v) is 22.3. The van der Waals surface area contributed by atoms with Gasteiger partial charge in [-0.1, -0.05) is 18.2 Å².